The summed E-state index contributed by atoms with van der Waals surface area (Å²) in [4.78, 5) is 21.9. The number of rotatable bonds is 4. The normalized spacial score (nSPS) is 9.38. The van der Waals surface area contributed by atoms with Crippen molar-refractivity contribution in [3.63, 3.8) is 0 Å². The van der Waals surface area contributed by atoms with E-state index >= 15 is 0 Å². The molecule has 0 saturated carbocycles. The predicted molar refractivity (Wildman–Crippen MR) is 60.7 cm³/mol. The minimum Gasteiger partial charge on any atom is -0.497 e. The molecule has 0 heterocycles. The molecule has 5 heteroatoms. The largest absolute Gasteiger partial charge is 0.497 e. The maximum absolute atomic E-state index is 11.3. The first-order valence-corrected chi connectivity index (χ1v) is 4.80. The molecule has 1 aromatic rings. The van der Waals surface area contributed by atoms with Crippen molar-refractivity contribution in [2.24, 2.45) is 0 Å². The fraction of sp³-hybridized carbons (Fsp3) is 0.273. The van der Waals surface area contributed by atoms with Gasteiger partial charge in [0, 0.05) is 11.8 Å². The number of anilines is 1. The maximum Gasteiger partial charge on any atom is 0.319 e. The Morgan fingerprint density at radius 3 is 2.75 bits per heavy atom. The number of carbonyl (C=O) groups is 2. The molecule has 5 nitrogen and oxygen atoms in total. The second kappa shape index (κ2) is 5.75. The minimum absolute atomic E-state index is 0.0236. The topological polar surface area (TPSA) is 67.4 Å². The lowest BCUT2D eigenvalue weighted by Crippen LogP contribution is -2.32. The van der Waals surface area contributed by atoms with E-state index in [-0.39, 0.29) is 12.3 Å². The molecular weight excluding hydrogens is 208 g/mol. The van der Waals surface area contributed by atoms with Crippen LogP contribution in [0.5, 0.6) is 5.75 Å². The molecule has 0 fully saturated rings. The summed E-state index contributed by atoms with van der Waals surface area (Å²) in [6, 6.07) is 6.55. The molecule has 0 unspecified atom stereocenters. The van der Waals surface area contributed by atoms with Gasteiger partial charge in [0.1, 0.15) is 11.5 Å². The van der Waals surface area contributed by atoms with Gasteiger partial charge in [0.25, 0.3) is 0 Å². The van der Waals surface area contributed by atoms with E-state index in [1.807, 2.05) is 0 Å². The first-order valence-electron chi connectivity index (χ1n) is 4.80. The number of urea groups is 1. The highest BCUT2D eigenvalue weighted by molar-refractivity contribution is 5.92. The summed E-state index contributed by atoms with van der Waals surface area (Å²) in [5.74, 6) is 0.560. The Bertz CT molecular complexity index is 391. The van der Waals surface area contributed by atoms with Crippen LogP contribution in [0.2, 0.25) is 0 Å². The van der Waals surface area contributed by atoms with Gasteiger partial charge in [0.2, 0.25) is 0 Å². The Morgan fingerprint density at radius 1 is 1.38 bits per heavy atom. The summed E-state index contributed by atoms with van der Waals surface area (Å²) in [5, 5.41) is 5.02. The third-order valence-electron chi connectivity index (χ3n) is 1.83. The fourth-order valence-corrected chi connectivity index (χ4v) is 1.08. The number of carbonyl (C=O) groups excluding carboxylic acids is 2. The first-order chi connectivity index (χ1) is 7.61. The van der Waals surface area contributed by atoms with Gasteiger partial charge < -0.3 is 15.4 Å². The second-order valence-electron chi connectivity index (χ2n) is 3.24. The molecule has 1 rings (SSSR count). The summed E-state index contributed by atoms with van der Waals surface area (Å²) in [7, 11) is 1.55. The van der Waals surface area contributed by atoms with E-state index in [4.69, 9.17) is 4.74 Å². The van der Waals surface area contributed by atoms with Crippen molar-refractivity contribution >= 4 is 17.5 Å². The van der Waals surface area contributed by atoms with E-state index in [1.165, 1.54) is 6.92 Å². The van der Waals surface area contributed by atoms with Crippen LogP contribution in [0.1, 0.15) is 6.92 Å². The number of methoxy groups -OCH3 is 1. The molecule has 86 valence electrons. The van der Waals surface area contributed by atoms with Crippen LogP contribution in [-0.4, -0.2) is 25.5 Å². The lowest BCUT2D eigenvalue weighted by atomic mass is 10.3. The third-order valence-corrected chi connectivity index (χ3v) is 1.83. The summed E-state index contributed by atoms with van der Waals surface area (Å²) >= 11 is 0. The molecule has 1 aromatic carbocycles. The number of hydrogen-bond donors (Lipinski definition) is 2. The van der Waals surface area contributed by atoms with Gasteiger partial charge in [-0.15, -0.1) is 0 Å². The number of amides is 2. The average Bonchev–Trinajstić information content (AvgIpc) is 2.26. The number of ether oxygens (including phenoxy) is 1. The number of nitrogens with one attached hydrogen (secondary N) is 2. The van der Waals surface area contributed by atoms with Gasteiger partial charge in [-0.05, 0) is 19.1 Å². The molecule has 0 atom stereocenters. The van der Waals surface area contributed by atoms with E-state index in [9.17, 15) is 9.59 Å². The van der Waals surface area contributed by atoms with Crippen molar-refractivity contribution in [3.05, 3.63) is 24.3 Å². The maximum atomic E-state index is 11.3. The standard InChI is InChI=1S/C11H14N2O3/c1-8(14)7-12-11(15)13-9-4-3-5-10(6-9)16-2/h3-6H,7H2,1-2H3,(H2,12,13,15). The zero-order valence-corrected chi connectivity index (χ0v) is 9.24. The van der Waals surface area contributed by atoms with Crippen molar-refractivity contribution in [2.75, 3.05) is 19.0 Å². The van der Waals surface area contributed by atoms with E-state index < -0.39 is 6.03 Å². The van der Waals surface area contributed by atoms with Gasteiger partial charge in [-0.1, -0.05) is 6.07 Å². The quantitative estimate of drug-likeness (QED) is 0.809. The molecule has 0 saturated heterocycles. The van der Waals surface area contributed by atoms with Crippen molar-refractivity contribution in [1.29, 1.82) is 0 Å². The molecule has 0 spiro atoms. The number of Topliss-reactive ketones (excluding diaryl/α,β-unsaturated/α-hetero) is 1. The lowest BCUT2D eigenvalue weighted by molar-refractivity contribution is -0.116. The summed E-state index contributed by atoms with van der Waals surface area (Å²) in [5.41, 5.74) is 0.611. The van der Waals surface area contributed by atoms with Crippen molar-refractivity contribution < 1.29 is 14.3 Å². The number of hydrogen-bond acceptors (Lipinski definition) is 3. The molecular formula is C11H14N2O3. The van der Waals surface area contributed by atoms with Crippen molar-refractivity contribution in [2.45, 2.75) is 6.92 Å². The highest BCUT2D eigenvalue weighted by Gasteiger charge is 2.02. The van der Waals surface area contributed by atoms with Crippen LogP contribution in [0.4, 0.5) is 10.5 Å². The molecule has 0 aliphatic heterocycles. The Hall–Kier alpha value is -2.04. The van der Waals surface area contributed by atoms with Gasteiger partial charge in [-0.25, -0.2) is 4.79 Å². The number of ketones is 1. The van der Waals surface area contributed by atoms with Crippen LogP contribution in [0.25, 0.3) is 0 Å². The van der Waals surface area contributed by atoms with Crippen molar-refractivity contribution in [3.8, 4) is 5.75 Å². The van der Waals surface area contributed by atoms with Crippen LogP contribution >= 0.6 is 0 Å². The number of benzene rings is 1. The summed E-state index contributed by atoms with van der Waals surface area (Å²) in [6.45, 7) is 1.43. The zero-order valence-electron chi connectivity index (χ0n) is 9.24. The predicted octanol–water partition coefficient (Wildman–Crippen LogP) is 1.41. The second-order valence-corrected chi connectivity index (χ2v) is 3.24. The van der Waals surface area contributed by atoms with Gasteiger partial charge in [-0.2, -0.15) is 0 Å². The molecule has 0 aromatic heterocycles. The molecule has 0 aliphatic carbocycles. The molecule has 2 N–H and O–H groups in total. The lowest BCUT2D eigenvalue weighted by Gasteiger charge is -2.07. The minimum atomic E-state index is -0.413. The molecule has 0 aliphatic rings. The van der Waals surface area contributed by atoms with E-state index in [0.29, 0.717) is 11.4 Å². The molecule has 0 radical (unpaired) electrons. The SMILES string of the molecule is COc1cccc(NC(=O)NCC(C)=O)c1. The molecule has 0 bridgehead atoms. The van der Waals surface area contributed by atoms with E-state index in [0.717, 1.165) is 0 Å². The smallest absolute Gasteiger partial charge is 0.319 e. The monoisotopic (exact) mass is 222 g/mol. The van der Waals surface area contributed by atoms with Crippen LogP contribution in [-0.2, 0) is 4.79 Å². The third kappa shape index (κ3) is 4.00. The Labute approximate surface area is 93.8 Å². The van der Waals surface area contributed by atoms with E-state index in [1.54, 1.807) is 31.4 Å². The highest BCUT2D eigenvalue weighted by atomic mass is 16.5. The van der Waals surface area contributed by atoms with Crippen LogP contribution in [0, 0.1) is 0 Å². The summed E-state index contributed by atoms with van der Waals surface area (Å²) in [6.07, 6.45) is 0. The Kier molecular flexibility index (Phi) is 4.32. The van der Waals surface area contributed by atoms with Gasteiger partial charge >= 0.3 is 6.03 Å². The Morgan fingerprint density at radius 2 is 2.12 bits per heavy atom. The fourth-order valence-electron chi connectivity index (χ4n) is 1.08. The van der Waals surface area contributed by atoms with Crippen molar-refractivity contribution in [1.82, 2.24) is 5.32 Å². The average molecular weight is 222 g/mol. The molecule has 2 amide bonds. The van der Waals surface area contributed by atoms with E-state index in [2.05, 4.69) is 10.6 Å². The van der Waals surface area contributed by atoms with Crippen LogP contribution < -0.4 is 15.4 Å². The van der Waals surface area contributed by atoms with Crippen LogP contribution in [0.3, 0.4) is 0 Å². The molecule has 16 heavy (non-hydrogen) atoms. The summed E-state index contributed by atoms with van der Waals surface area (Å²) < 4.78 is 5.01. The highest BCUT2D eigenvalue weighted by Crippen LogP contribution is 2.16. The first kappa shape index (κ1) is 12.0. The van der Waals surface area contributed by atoms with Crippen LogP contribution in [0.15, 0.2) is 24.3 Å². The van der Waals surface area contributed by atoms with Gasteiger partial charge in [-0.3, -0.25) is 4.79 Å². The van der Waals surface area contributed by atoms with Gasteiger partial charge in [0.15, 0.2) is 0 Å². The zero-order chi connectivity index (χ0) is 12.0. The van der Waals surface area contributed by atoms with Gasteiger partial charge in [0.05, 0.1) is 13.7 Å². The Balaban J connectivity index is 2.52.